The molecule has 0 aliphatic heterocycles. The number of rotatable bonds is 6. The van der Waals surface area contributed by atoms with Crippen LogP contribution in [0.15, 0.2) is 49.0 Å². The fourth-order valence-electron chi connectivity index (χ4n) is 5.14. The normalized spacial score (nSPS) is 19.2. The van der Waals surface area contributed by atoms with E-state index in [0.717, 1.165) is 18.5 Å². The lowest BCUT2D eigenvalue weighted by Gasteiger charge is -2.45. The van der Waals surface area contributed by atoms with Crippen molar-refractivity contribution >= 4 is 5.57 Å². The zero-order chi connectivity index (χ0) is 22.3. The van der Waals surface area contributed by atoms with Gasteiger partial charge in [0.15, 0.2) is 0 Å². The van der Waals surface area contributed by atoms with Crippen molar-refractivity contribution in [2.24, 2.45) is 0 Å². The maximum Gasteiger partial charge on any atom is 0.0684 e. The Balaban J connectivity index is 2.19. The van der Waals surface area contributed by atoms with Crippen LogP contribution in [0.4, 0.5) is 0 Å². The molecule has 2 aromatic rings. The van der Waals surface area contributed by atoms with E-state index in [4.69, 9.17) is 0 Å². The van der Waals surface area contributed by atoms with Crippen LogP contribution in [0.3, 0.4) is 0 Å². The number of fused-ring (bicyclic) bond motifs is 1. The van der Waals surface area contributed by atoms with Gasteiger partial charge in [0.25, 0.3) is 0 Å². The van der Waals surface area contributed by atoms with Crippen LogP contribution in [0.25, 0.3) is 5.57 Å². The maximum atomic E-state index is 4.11. The number of hydrogen-bond acceptors (Lipinski definition) is 1. The van der Waals surface area contributed by atoms with Gasteiger partial charge in [-0.25, -0.2) is 0 Å². The summed E-state index contributed by atoms with van der Waals surface area (Å²) in [6.07, 6.45) is 3.63. The third kappa shape index (κ3) is 3.89. The van der Waals surface area contributed by atoms with Gasteiger partial charge in [-0.05, 0) is 85.3 Å². The summed E-state index contributed by atoms with van der Waals surface area (Å²) in [5, 5.41) is 0. The lowest BCUT2D eigenvalue weighted by Crippen LogP contribution is -2.43. The first-order valence-corrected chi connectivity index (χ1v) is 11.6. The van der Waals surface area contributed by atoms with Gasteiger partial charge in [0, 0.05) is 0 Å². The minimum absolute atomic E-state index is 0.170. The van der Waals surface area contributed by atoms with Crippen LogP contribution >= 0.6 is 0 Å². The van der Waals surface area contributed by atoms with Gasteiger partial charge in [-0.3, -0.25) is 4.90 Å². The van der Waals surface area contributed by atoms with E-state index in [1.165, 1.54) is 40.7 Å². The molecule has 0 saturated carbocycles. The quantitative estimate of drug-likeness (QED) is 0.478. The summed E-state index contributed by atoms with van der Waals surface area (Å²) in [6, 6.07) is 16.4. The Bertz CT molecular complexity index is 916. The summed E-state index contributed by atoms with van der Waals surface area (Å²) < 4.78 is 0. The monoisotopic (exact) mass is 403 g/mol. The number of allylic oxidation sites excluding steroid dienone is 1. The highest BCUT2D eigenvalue weighted by molar-refractivity contribution is 5.62. The van der Waals surface area contributed by atoms with Crippen LogP contribution in [0.1, 0.15) is 95.5 Å². The van der Waals surface area contributed by atoms with Gasteiger partial charge >= 0.3 is 0 Å². The first-order chi connectivity index (χ1) is 13.9. The molecule has 162 valence electrons. The summed E-state index contributed by atoms with van der Waals surface area (Å²) in [7, 11) is 2.27. The molecule has 30 heavy (non-hydrogen) atoms. The Morgan fingerprint density at radius 2 is 1.47 bits per heavy atom. The Hall–Kier alpha value is -1.86. The van der Waals surface area contributed by atoms with Gasteiger partial charge in [-0.15, -0.1) is 0 Å². The van der Waals surface area contributed by atoms with E-state index in [9.17, 15) is 0 Å². The molecule has 1 aliphatic rings. The second-order valence-corrected chi connectivity index (χ2v) is 10.9. The first kappa shape index (κ1) is 22.8. The smallest absolute Gasteiger partial charge is 0.0684 e. The lowest BCUT2D eigenvalue weighted by atomic mass is 9.62. The highest BCUT2D eigenvalue weighted by atomic mass is 15.2. The summed E-state index contributed by atoms with van der Waals surface area (Å²) >= 11 is 0. The average molecular weight is 404 g/mol. The molecule has 1 aliphatic carbocycles. The second-order valence-electron chi connectivity index (χ2n) is 10.9. The Labute approximate surface area is 185 Å². The Kier molecular flexibility index (Phi) is 6.09. The summed E-state index contributed by atoms with van der Waals surface area (Å²) in [4.78, 5) is 2.52. The lowest BCUT2D eigenvalue weighted by molar-refractivity contribution is 0.178. The zero-order valence-corrected chi connectivity index (χ0v) is 20.5. The second kappa shape index (κ2) is 8.00. The summed E-state index contributed by atoms with van der Waals surface area (Å²) in [6.45, 7) is 21.5. The number of nitrogens with zero attached hydrogens (tertiary/aromatic N) is 1. The van der Waals surface area contributed by atoms with Gasteiger partial charge in [0.05, 0.1) is 5.54 Å². The molecule has 3 rings (SSSR count). The van der Waals surface area contributed by atoms with Crippen molar-refractivity contribution in [3.8, 4) is 0 Å². The van der Waals surface area contributed by atoms with E-state index in [-0.39, 0.29) is 16.4 Å². The largest absolute Gasteiger partial charge is 0.293 e. The third-order valence-corrected chi connectivity index (χ3v) is 7.68. The summed E-state index contributed by atoms with van der Waals surface area (Å²) in [5.41, 5.74) is 8.42. The predicted molar refractivity (Wildman–Crippen MR) is 132 cm³/mol. The predicted octanol–water partition coefficient (Wildman–Crippen LogP) is 7.67. The molecule has 0 spiro atoms. The van der Waals surface area contributed by atoms with E-state index >= 15 is 0 Å². The molecule has 0 bridgehead atoms. The van der Waals surface area contributed by atoms with Gasteiger partial charge in [-0.1, -0.05) is 89.2 Å². The van der Waals surface area contributed by atoms with Crippen molar-refractivity contribution in [1.29, 1.82) is 0 Å². The van der Waals surface area contributed by atoms with Crippen LogP contribution in [0.2, 0.25) is 0 Å². The Morgan fingerprint density at radius 3 is 2.00 bits per heavy atom. The molecule has 1 heteroatoms. The van der Waals surface area contributed by atoms with Crippen molar-refractivity contribution in [1.82, 2.24) is 4.90 Å². The van der Waals surface area contributed by atoms with Gasteiger partial charge < -0.3 is 0 Å². The molecule has 1 atom stereocenters. The van der Waals surface area contributed by atoms with Crippen LogP contribution in [-0.2, 0) is 16.4 Å². The van der Waals surface area contributed by atoms with E-state index in [0.29, 0.717) is 0 Å². The minimum atomic E-state index is -0.170. The molecule has 0 fully saturated rings. The number of hydrogen-bond donors (Lipinski definition) is 0. The van der Waals surface area contributed by atoms with Gasteiger partial charge in [-0.2, -0.15) is 0 Å². The zero-order valence-electron chi connectivity index (χ0n) is 20.5. The van der Waals surface area contributed by atoms with E-state index in [1.54, 1.807) is 0 Å². The highest BCUT2D eigenvalue weighted by Gasteiger charge is 2.40. The standard InChI is InChI=1S/C29H41N/c1-10-19-30(9)29(8,23-13-11-22(12-14-23)21(2)3)24-15-16-25-26(20-24)28(6,7)18-17-27(25,4)5/h11-16,20H,2,10,17-19H2,1,3-9H3. The van der Waals surface area contributed by atoms with E-state index < -0.39 is 0 Å². The van der Waals surface area contributed by atoms with Crippen molar-refractivity contribution in [3.63, 3.8) is 0 Å². The molecule has 1 nitrogen and oxygen atoms in total. The van der Waals surface area contributed by atoms with Gasteiger partial charge in [0.2, 0.25) is 0 Å². The number of benzene rings is 2. The molecule has 0 amide bonds. The Morgan fingerprint density at radius 1 is 0.933 bits per heavy atom. The molecule has 0 N–H and O–H groups in total. The fourth-order valence-corrected chi connectivity index (χ4v) is 5.14. The summed E-state index contributed by atoms with van der Waals surface area (Å²) in [5.74, 6) is 0. The van der Waals surface area contributed by atoms with Crippen LogP contribution in [0, 0.1) is 0 Å². The third-order valence-electron chi connectivity index (χ3n) is 7.68. The van der Waals surface area contributed by atoms with E-state index in [2.05, 4.69) is 109 Å². The van der Waals surface area contributed by atoms with Gasteiger partial charge in [0.1, 0.15) is 0 Å². The van der Waals surface area contributed by atoms with Crippen LogP contribution in [-0.4, -0.2) is 18.5 Å². The van der Waals surface area contributed by atoms with Crippen LogP contribution < -0.4 is 0 Å². The molecule has 0 aromatic heterocycles. The van der Waals surface area contributed by atoms with Crippen molar-refractivity contribution < 1.29 is 0 Å². The molecular formula is C29H41N. The molecule has 0 radical (unpaired) electrons. The average Bonchev–Trinajstić information content (AvgIpc) is 2.71. The SMILES string of the molecule is C=C(C)c1ccc(C(C)(c2ccc3c(c2)C(C)(C)CCC3(C)C)N(C)CCC)cc1. The highest BCUT2D eigenvalue weighted by Crippen LogP contribution is 2.47. The molecule has 0 heterocycles. The topological polar surface area (TPSA) is 3.24 Å². The first-order valence-electron chi connectivity index (χ1n) is 11.6. The minimum Gasteiger partial charge on any atom is -0.293 e. The van der Waals surface area contributed by atoms with Crippen molar-refractivity contribution in [2.75, 3.05) is 13.6 Å². The molecular weight excluding hydrogens is 362 g/mol. The van der Waals surface area contributed by atoms with Crippen molar-refractivity contribution in [2.45, 2.75) is 84.1 Å². The molecule has 0 saturated heterocycles. The maximum absolute atomic E-state index is 4.11. The van der Waals surface area contributed by atoms with Crippen LogP contribution in [0.5, 0.6) is 0 Å². The van der Waals surface area contributed by atoms with Crippen molar-refractivity contribution in [3.05, 3.63) is 76.9 Å². The van der Waals surface area contributed by atoms with E-state index in [1.807, 2.05) is 0 Å². The fraction of sp³-hybridized carbons (Fsp3) is 0.517. The molecule has 2 aromatic carbocycles. The molecule has 1 unspecified atom stereocenters.